The van der Waals surface area contributed by atoms with E-state index in [0.717, 1.165) is 21.8 Å². The van der Waals surface area contributed by atoms with Crippen LogP contribution in [0.1, 0.15) is 23.7 Å². The highest BCUT2D eigenvalue weighted by atomic mass is 32.1. The Labute approximate surface area is 109 Å². The quantitative estimate of drug-likeness (QED) is 0.778. The number of thiazole rings is 1. The molecule has 0 saturated heterocycles. The summed E-state index contributed by atoms with van der Waals surface area (Å²) in [6.45, 7) is 4.05. The number of anilines is 1. The third-order valence-corrected chi connectivity index (χ3v) is 3.51. The molecular formula is C13H13N3OS. The van der Waals surface area contributed by atoms with Crippen molar-refractivity contribution in [1.82, 2.24) is 9.97 Å². The van der Waals surface area contributed by atoms with Crippen LogP contribution in [0, 0.1) is 6.92 Å². The highest BCUT2D eigenvalue weighted by molar-refractivity contribution is 7.09. The lowest BCUT2D eigenvalue weighted by molar-refractivity contribution is 0.602. The fourth-order valence-corrected chi connectivity index (χ4v) is 2.48. The molecule has 0 aliphatic carbocycles. The van der Waals surface area contributed by atoms with Gasteiger partial charge in [-0.25, -0.2) is 4.98 Å². The maximum atomic E-state index is 5.62. The van der Waals surface area contributed by atoms with Gasteiger partial charge in [0.15, 0.2) is 5.58 Å². The van der Waals surface area contributed by atoms with Crippen LogP contribution >= 0.6 is 11.3 Å². The Hall–Kier alpha value is -1.88. The number of fused-ring (bicyclic) bond motifs is 1. The van der Waals surface area contributed by atoms with E-state index >= 15 is 0 Å². The Bertz CT molecular complexity index is 640. The maximum Gasteiger partial charge on any atom is 0.296 e. The van der Waals surface area contributed by atoms with Crippen molar-refractivity contribution in [3.05, 3.63) is 40.3 Å². The zero-order valence-electron chi connectivity index (χ0n) is 10.2. The van der Waals surface area contributed by atoms with Gasteiger partial charge in [0, 0.05) is 5.38 Å². The molecule has 5 heteroatoms. The summed E-state index contributed by atoms with van der Waals surface area (Å²) in [7, 11) is 0. The molecule has 1 aromatic carbocycles. The second-order valence-corrected chi connectivity index (χ2v) is 5.21. The number of oxazole rings is 1. The van der Waals surface area contributed by atoms with Crippen LogP contribution in [0.4, 0.5) is 6.01 Å². The van der Waals surface area contributed by atoms with Crippen LogP contribution in [0.15, 0.2) is 34.1 Å². The first kappa shape index (κ1) is 11.2. The molecule has 0 spiro atoms. The van der Waals surface area contributed by atoms with Crippen LogP contribution in [0.5, 0.6) is 0 Å². The fourth-order valence-electron chi connectivity index (χ4n) is 1.77. The fraction of sp³-hybridized carbons (Fsp3) is 0.231. The van der Waals surface area contributed by atoms with Gasteiger partial charge in [-0.05, 0) is 26.0 Å². The van der Waals surface area contributed by atoms with E-state index in [1.165, 1.54) is 0 Å². The molecule has 0 saturated carbocycles. The van der Waals surface area contributed by atoms with E-state index in [1.54, 1.807) is 11.3 Å². The molecule has 2 heterocycles. The average Bonchev–Trinajstić information content (AvgIpc) is 2.94. The minimum Gasteiger partial charge on any atom is -0.424 e. The van der Waals surface area contributed by atoms with E-state index in [4.69, 9.17) is 4.42 Å². The zero-order chi connectivity index (χ0) is 12.5. The Kier molecular flexibility index (Phi) is 2.76. The second kappa shape index (κ2) is 4.42. The molecule has 0 radical (unpaired) electrons. The monoisotopic (exact) mass is 259 g/mol. The summed E-state index contributed by atoms with van der Waals surface area (Å²) in [6, 6.07) is 8.34. The van der Waals surface area contributed by atoms with Crippen molar-refractivity contribution >= 4 is 28.5 Å². The maximum absolute atomic E-state index is 5.62. The number of hydrogen-bond donors (Lipinski definition) is 1. The molecule has 0 amide bonds. The Morgan fingerprint density at radius 3 is 2.83 bits per heavy atom. The molecule has 0 aliphatic rings. The summed E-state index contributed by atoms with van der Waals surface area (Å²) in [5.74, 6) is 0. The largest absolute Gasteiger partial charge is 0.424 e. The summed E-state index contributed by atoms with van der Waals surface area (Å²) in [5.41, 5.74) is 2.67. The van der Waals surface area contributed by atoms with Gasteiger partial charge in [0.25, 0.3) is 6.01 Å². The summed E-state index contributed by atoms with van der Waals surface area (Å²) < 4.78 is 5.62. The molecular weight excluding hydrogens is 246 g/mol. The Balaban J connectivity index is 1.83. The van der Waals surface area contributed by atoms with E-state index in [2.05, 4.69) is 20.7 Å². The summed E-state index contributed by atoms with van der Waals surface area (Å²) >= 11 is 1.65. The van der Waals surface area contributed by atoms with E-state index in [9.17, 15) is 0 Å². The molecule has 0 fully saturated rings. The van der Waals surface area contributed by atoms with Crippen molar-refractivity contribution in [2.75, 3.05) is 5.32 Å². The van der Waals surface area contributed by atoms with E-state index in [-0.39, 0.29) is 6.04 Å². The standard InChI is InChI=1S/C13H13N3OS/c1-8(11-7-18-9(2)15-11)14-13-16-10-5-3-4-6-12(10)17-13/h3-8H,1-2H3,(H,14,16). The van der Waals surface area contributed by atoms with Gasteiger partial charge in [0.2, 0.25) is 0 Å². The van der Waals surface area contributed by atoms with Crippen LogP contribution in [0.3, 0.4) is 0 Å². The lowest BCUT2D eigenvalue weighted by Gasteiger charge is -2.08. The van der Waals surface area contributed by atoms with E-state index < -0.39 is 0 Å². The molecule has 92 valence electrons. The smallest absolute Gasteiger partial charge is 0.296 e. The van der Waals surface area contributed by atoms with Gasteiger partial charge >= 0.3 is 0 Å². The Morgan fingerprint density at radius 1 is 1.28 bits per heavy atom. The van der Waals surface area contributed by atoms with Gasteiger partial charge in [-0.3, -0.25) is 0 Å². The minimum atomic E-state index is 0.0861. The molecule has 1 unspecified atom stereocenters. The zero-order valence-corrected chi connectivity index (χ0v) is 11.0. The summed E-state index contributed by atoms with van der Waals surface area (Å²) in [6.07, 6.45) is 0. The SMILES string of the molecule is Cc1nc(C(C)Nc2nc3ccccc3o2)cs1. The lowest BCUT2D eigenvalue weighted by Crippen LogP contribution is -2.07. The third kappa shape index (κ3) is 2.09. The predicted molar refractivity (Wildman–Crippen MR) is 72.9 cm³/mol. The normalized spacial score (nSPS) is 12.8. The molecule has 1 atom stereocenters. The number of benzene rings is 1. The molecule has 2 aromatic heterocycles. The van der Waals surface area contributed by atoms with Gasteiger partial charge in [-0.2, -0.15) is 4.98 Å². The minimum absolute atomic E-state index is 0.0861. The number of aromatic nitrogens is 2. The van der Waals surface area contributed by atoms with Crippen molar-refractivity contribution < 1.29 is 4.42 Å². The van der Waals surface area contributed by atoms with E-state index in [1.807, 2.05) is 38.1 Å². The number of para-hydroxylation sites is 2. The number of hydrogen-bond acceptors (Lipinski definition) is 5. The molecule has 0 aliphatic heterocycles. The molecule has 3 aromatic rings. The van der Waals surface area contributed by atoms with Crippen LogP contribution in [-0.2, 0) is 0 Å². The van der Waals surface area contributed by atoms with Crippen LogP contribution < -0.4 is 5.32 Å². The molecule has 3 rings (SSSR count). The Morgan fingerprint density at radius 2 is 2.11 bits per heavy atom. The molecule has 0 bridgehead atoms. The predicted octanol–water partition coefficient (Wildman–Crippen LogP) is 3.77. The number of nitrogens with zero attached hydrogens (tertiary/aromatic N) is 2. The summed E-state index contributed by atoms with van der Waals surface area (Å²) in [4.78, 5) is 8.83. The van der Waals surface area contributed by atoms with Crippen LogP contribution in [0.25, 0.3) is 11.1 Å². The van der Waals surface area contributed by atoms with Crippen molar-refractivity contribution in [1.29, 1.82) is 0 Å². The van der Waals surface area contributed by atoms with E-state index in [0.29, 0.717) is 6.01 Å². The number of aryl methyl sites for hydroxylation is 1. The number of rotatable bonds is 3. The molecule has 18 heavy (non-hydrogen) atoms. The van der Waals surface area contributed by atoms with Crippen molar-refractivity contribution in [2.45, 2.75) is 19.9 Å². The molecule has 4 nitrogen and oxygen atoms in total. The van der Waals surface area contributed by atoms with Gasteiger partial charge in [0.1, 0.15) is 5.52 Å². The van der Waals surface area contributed by atoms with Gasteiger partial charge < -0.3 is 9.73 Å². The average molecular weight is 259 g/mol. The summed E-state index contributed by atoms with van der Waals surface area (Å²) in [5, 5.41) is 6.34. The lowest BCUT2D eigenvalue weighted by atomic mass is 10.3. The topological polar surface area (TPSA) is 51.0 Å². The highest BCUT2D eigenvalue weighted by Gasteiger charge is 2.12. The van der Waals surface area contributed by atoms with Crippen LogP contribution in [0.2, 0.25) is 0 Å². The third-order valence-electron chi connectivity index (χ3n) is 2.71. The number of nitrogens with one attached hydrogen (secondary N) is 1. The highest BCUT2D eigenvalue weighted by Crippen LogP contribution is 2.23. The van der Waals surface area contributed by atoms with Gasteiger partial charge in [-0.15, -0.1) is 11.3 Å². The van der Waals surface area contributed by atoms with Crippen molar-refractivity contribution in [2.24, 2.45) is 0 Å². The van der Waals surface area contributed by atoms with Crippen molar-refractivity contribution in [3.63, 3.8) is 0 Å². The molecule has 1 N–H and O–H groups in total. The first-order valence-electron chi connectivity index (χ1n) is 5.76. The first-order chi connectivity index (χ1) is 8.72. The second-order valence-electron chi connectivity index (χ2n) is 4.14. The van der Waals surface area contributed by atoms with Gasteiger partial charge in [-0.1, -0.05) is 12.1 Å². The van der Waals surface area contributed by atoms with Crippen LogP contribution in [-0.4, -0.2) is 9.97 Å². The van der Waals surface area contributed by atoms with Crippen molar-refractivity contribution in [3.8, 4) is 0 Å². The van der Waals surface area contributed by atoms with Gasteiger partial charge in [0.05, 0.1) is 16.7 Å². The first-order valence-corrected chi connectivity index (χ1v) is 6.64.